The molecule has 0 aliphatic heterocycles. The summed E-state index contributed by atoms with van der Waals surface area (Å²) in [6.07, 6.45) is 4.13. The fraction of sp³-hybridized carbons (Fsp3) is 0.214. The highest BCUT2D eigenvalue weighted by Crippen LogP contribution is 2.23. The van der Waals surface area contributed by atoms with E-state index in [4.69, 9.17) is 17.3 Å². The molecule has 0 saturated heterocycles. The van der Waals surface area contributed by atoms with Gasteiger partial charge in [0.15, 0.2) is 0 Å². The molecule has 0 aliphatic carbocycles. The van der Waals surface area contributed by atoms with Gasteiger partial charge in [-0.1, -0.05) is 41.4 Å². The maximum absolute atomic E-state index is 6.17. The van der Waals surface area contributed by atoms with Crippen molar-refractivity contribution < 1.29 is 0 Å². The lowest BCUT2D eigenvalue weighted by Gasteiger charge is -2.13. The van der Waals surface area contributed by atoms with Crippen molar-refractivity contribution in [3.05, 3.63) is 64.4 Å². The molecule has 1 atom stereocenters. The van der Waals surface area contributed by atoms with Crippen molar-refractivity contribution in [2.75, 3.05) is 0 Å². The number of pyridine rings is 1. The van der Waals surface area contributed by atoms with Gasteiger partial charge in [0.1, 0.15) is 0 Å². The van der Waals surface area contributed by atoms with Crippen LogP contribution < -0.4 is 5.73 Å². The van der Waals surface area contributed by atoms with Gasteiger partial charge in [0.05, 0.1) is 5.02 Å². The Morgan fingerprint density at radius 2 is 2.18 bits per heavy atom. The number of halogens is 1. The monoisotopic (exact) mass is 246 g/mol. The molecule has 0 amide bonds. The van der Waals surface area contributed by atoms with Gasteiger partial charge in [-0.2, -0.15) is 0 Å². The molecule has 0 radical (unpaired) electrons. The standard InChI is InChI=1S/C14H15ClN2/c1-10-3-2-4-11(7-10)8-14(16)12-5-6-17-9-13(12)15/h2-7,9,14H,8,16H2,1H3. The van der Waals surface area contributed by atoms with Gasteiger partial charge in [-0.05, 0) is 30.5 Å². The SMILES string of the molecule is Cc1cccc(CC(N)c2ccncc2Cl)c1. The van der Waals surface area contributed by atoms with E-state index in [1.165, 1.54) is 11.1 Å². The largest absolute Gasteiger partial charge is 0.324 e. The molecule has 1 unspecified atom stereocenters. The van der Waals surface area contributed by atoms with Crippen LogP contribution in [-0.4, -0.2) is 4.98 Å². The summed E-state index contributed by atoms with van der Waals surface area (Å²) < 4.78 is 0. The van der Waals surface area contributed by atoms with Crippen molar-refractivity contribution in [3.8, 4) is 0 Å². The summed E-state index contributed by atoms with van der Waals surface area (Å²) in [7, 11) is 0. The number of aromatic nitrogens is 1. The van der Waals surface area contributed by atoms with Crippen LogP contribution in [0.15, 0.2) is 42.7 Å². The molecule has 1 heterocycles. The van der Waals surface area contributed by atoms with Crippen LogP contribution in [0.2, 0.25) is 5.02 Å². The minimum atomic E-state index is -0.0905. The van der Waals surface area contributed by atoms with Gasteiger partial charge in [-0.25, -0.2) is 0 Å². The first kappa shape index (κ1) is 12.1. The zero-order chi connectivity index (χ0) is 12.3. The van der Waals surface area contributed by atoms with E-state index >= 15 is 0 Å². The molecule has 17 heavy (non-hydrogen) atoms. The van der Waals surface area contributed by atoms with Crippen LogP contribution in [0.25, 0.3) is 0 Å². The lowest BCUT2D eigenvalue weighted by atomic mass is 9.99. The Morgan fingerprint density at radius 1 is 1.35 bits per heavy atom. The van der Waals surface area contributed by atoms with Crippen LogP contribution in [0.5, 0.6) is 0 Å². The fourth-order valence-corrected chi connectivity index (χ4v) is 2.15. The topological polar surface area (TPSA) is 38.9 Å². The van der Waals surface area contributed by atoms with E-state index in [1.54, 1.807) is 12.4 Å². The third kappa shape index (κ3) is 3.05. The first-order valence-electron chi connectivity index (χ1n) is 5.57. The van der Waals surface area contributed by atoms with Crippen LogP contribution in [0, 0.1) is 6.92 Å². The highest BCUT2D eigenvalue weighted by atomic mass is 35.5. The van der Waals surface area contributed by atoms with E-state index in [0.29, 0.717) is 5.02 Å². The van der Waals surface area contributed by atoms with Crippen LogP contribution in [-0.2, 0) is 6.42 Å². The van der Waals surface area contributed by atoms with Crippen LogP contribution in [0.1, 0.15) is 22.7 Å². The van der Waals surface area contributed by atoms with Crippen LogP contribution in [0.4, 0.5) is 0 Å². The molecule has 2 nitrogen and oxygen atoms in total. The minimum Gasteiger partial charge on any atom is -0.324 e. The third-order valence-electron chi connectivity index (χ3n) is 2.74. The molecule has 1 aromatic carbocycles. The van der Waals surface area contributed by atoms with Gasteiger partial charge in [0.2, 0.25) is 0 Å². The van der Waals surface area contributed by atoms with Crippen molar-refractivity contribution in [2.24, 2.45) is 5.73 Å². The molecular weight excluding hydrogens is 232 g/mol. The van der Waals surface area contributed by atoms with Crippen LogP contribution in [0.3, 0.4) is 0 Å². The molecule has 2 aromatic rings. The molecule has 1 aromatic heterocycles. The van der Waals surface area contributed by atoms with Crippen molar-refractivity contribution in [3.63, 3.8) is 0 Å². The van der Waals surface area contributed by atoms with Crippen molar-refractivity contribution in [2.45, 2.75) is 19.4 Å². The molecule has 0 aliphatic rings. The molecule has 2 rings (SSSR count). The second-order valence-corrected chi connectivity index (χ2v) is 4.60. The molecule has 0 spiro atoms. The zero-order valence-electron chi connectivity index (χ0n) is 9.73. The van der Waals surface area contributed by atoms with Crippen molar-refractivity contribution >= 4 is 11.6 Å². The van der Waals surface area contributed by atoms with Gasteiger partial charge in [-0.3, -0.25) is 4.98 Å². The average molecular weight is 247 g/mol. The number of aryl methyl sites for hydroxylation is 1. The number of nitrogens with two attached hydrogens (primary N) is 1. The Morgan fingerprint density at radius 3 is 2.88 bits per heavy atom. The summed E-state index contributed by atoms with van der Waals surface area (Å²) in [5, 5.41) is 0.632. The smallest absolute Gasteiger partial charge is 0.0637 e. The Balaban J connectivity index is 2.17. The summed E-state index contributed by atoms with van der Waals surface area (Å²) in [4.78, 5) is 3.96. The Labute approximate surface area is 106 Å². The van der Waals surface area contributed by atoms with Crippen molar-refractivity contribution in [1.29, 1.82) is 0 Å². The quantitative estimate of drug-likeness (QED) is 0.903. The predicted molar refractivity (Wildman–Crippen MR) is 71.1 cm³/mol. The fourth-order valence-electron chi connectivity index (χ4n) is 1.89. The summed E-state index contributed by atoms with van der Waals surface area (Å²) >= 11 is 6.07. The number of hydrogen-bond donors (Lipinski definition) is 1. The van der Waals surface area contributed by atoms with Crippen molar-refractivity contribution in [1.82, 2.24) is 4.98 Å². The summed E-state index contributed by atoms with van der Waals surface area (Å²) in [5.41, 5.74) is 9.59. The summed E-state index contributed by atoms with van der Waals surface area (Å²) in [5.74, 6) is 0. The highest BCUT2D eigenvalue weighted by Gasteiger charge is 2.10. The Bertz CT molecular complexity index is 511. The Kier molecular flexibility index (Phi) is 3.77. The second kappa shape index (κ2) is 5.30. The van der Waals surface area contributed by atoms with E-state index in [0.717, 1.165) is 12.0 Å². The minimum absolute atomic E-state index is 0.0905. The predicted octanol–water partition coefficient (Wildman–Crippen LogP) is 3.29. The van der Waals surface area contributed by atoms with Gasteiger partial charge >= 0.3 is 0 Å². The lowest BCUT2D eigenvalue weighted by molar-refractivity contribution is 0.720. The van der Waals surface area contributed by atoms with E-state index in [1.807, 2.05) is 12.1 Å². The first-order valence-corrected chi connectivity index (χ1v) is 5.95. The lowest BCUT2D eigenvalue weighted by Crippen LogP contribution is -2.14. The number of hydrogen-bond acceptors (Lipinski definition) is 2. The molecular formula is C14H15ClN2. The number of benzene rings is 1. The van der Waals surface area contributed by atoms with Crippen LogP contribution >= 0.6 is 11.6 Å². The van der Waals surface area contributed by atoms with E-state index in [9.17, 15) is 0 Å². The summed E-state index contributed by atoms with van der Waals surface area (Å²) in [6.45, 7) is 2.08. The molecule has 88 valence electrons. The average Bonchev–Trinajstić information content (AvgIpc) is 2.29. The third-order valence-corrected chi connectivity index (χ3v) is 3.06. The Hall–Kier alpha value is -1.38. The normalized spacial score (nSPS) is 12.4. The van der Waals surface area contributed by atoms with E-state index in [-0.39, 0.29) is 6.04 Å². The van der Waals surface area contributed by atoms with Gasteiger partial charge < -0.3 is 5.73 Å². The van der Waals surface area contributed by atoms with Gasteiger partial charge in [0.25, 0.3) is 0 Å². The molecule has 0 fully saturated rings. The summed E-state index contributed by atoms with van der Waals surface area (Å²) in [6, 6.07) is 10.1. The molecule has 3 heteroatoms. The molecule has 0 saturated carbocycles. The number of nitrogens with zero attached hydrogens (tertiary/aromatic N) is 1. The van der Waals surface area contributed by atoms with E-state index in [2.05, 4.69) is 30.1 Å². The zero-order valence-corrected chi connectivity index (χ0v) is 10.5. The highest BCUT2D eigenvalue weighted by molar-refractivity contribution is 6.31. The molecule has 0 bridgehead atoms. The molecule has 2 N–H and O–H groups in total. The van der Waals surface area contributed by atoms with E-state index < -0.39 is 0 Å². The van der Waals surface area contributed by atoms with Gasteiger partial charge in [0, 0.05) is 18.4 Å². The second-order valence-electron chi connectivity index (χ2n) is 4.20. The first-order chi connectivity index (χ1) is 8.16. The maximum atomic E-state index is 6.17. The maximum Gasteiger partial charge on any atom is 0.0637 e. The number of rotatable bonds is 3. The van der Waals surface area contributed by atoms with Gasteiger partial charge in [-0.15, -0.1) is 0 Å².